The van der Waals surface area contributed by atoms with E-state index >= 15 is 0 Å². The minimum Gasteiger partial charge on any atom is -0.399 e. The number of hydrogen-bond donors (Lipinski definition) is 1. The molecule has 1 heterocycles. The van der Waals surface area contributed by atoms with Gasteiger partial charge in [0.05, 0.1) is 0 Å². The fourth-order valence-electron chi connectivity index (χ4n) is 3.69. The average molecular weight is 244 g/mol. The lowest BCUT2D eigenvalue weighted by molar-refractivity contribution is 0.150. The molecule has 2 N–H and O–H groups in total. The summed E-state index contributed by atoms with van der Waals surface area (Å²) in [6.07, 6.45) is 8.38. The highest BCUT2D eigenvalue weighted by Gasteiger charge is 2.28. The molecule has 2 aliphatic rings. The van der Waals surface area contributed by atoms with E-state index in [1.807, 2.05) is 6.07 Å². The Morgan fingerprint density at radius 3 is 2.67 bits per heavy atom. The van der Waals surface area contributed by atoms with Gasteiger partial charge in [0.2, 0.25) is 0 Å². The third kappa shape index (κ3) is 2.54. The number of rotatable bonds is 2. The highest BCUT2D eigenvalue weighted by Crippen LogP contribution is 2.32. The molecular weight excluding hydrogens is 220 g/mol. The first-order chi connectivity index (χ1) is 8.83. The van der Waals surface area contributed by atoms with E-state index in [0.717, 1.165) is 11.7 Å². The van der Waals surface area contributed by atoms with Gasteiger partial charge in [-0.05, 0) is 55.8 Å². The molecular formula is C16H24N2. The summed E-state index contributed by atoms with van der Waals surface area (Å²) in [5.74, 6) is 0.697. The van der Waals surface area contributed by atoms with Gasteiger partial charge in [0, 0.05) is 18.3 Å². The molecule has 1 unspecified atom stereocenters. The topological polar surface area (TPSA) is 29.3 Å². The van der Waals surface area contributed by atoms with Crippen LogP contribution in [0.25, 0.3) is 0 Å². The third-order valence-electron chi connectivity index (χ3n) is 4.68. The second kappa shape index (κ2) is 5.31. The highest BCUT2D eigenvalue weighted by molar-refractivity contribution is 5.42. The van der Waals surface area contributed by atoms with Crippen LogP contribution in [-0.2, 0) is 0 Å². The van der Waals surface area contributed by atoms with E-state index in [9.17, 15) is 0 Å². The Hall–Kier alpha value is -1.02. The molecule has 0 spiro atoms. The van der Waals surface area contributed by atoms with Crippen LogP contribution in [0.4, 0.5) is 5.69 Å². The lowest BCUT2D eigenvalue weighted by Gasteiger charge is -2.37. The summed E-state index contributed by atoms with van der Waals surface area (Å²) in [4.78, 5) is 2.74. The van der Waals surface area contributed by atoms with Crippen molar-refractivity contribution < 1.29 is 0 Å². The maximum absolute atomic E-state index is 5.91. The molecule has 0 radical (unpaired) electrons. The molecule has 1 aliphatic heterocycles. The molecule has 0 bridgehead atoms. The van der Waals surface area contributed by atoms with E-state index in [4.69, 9.17) is 5.73 Å². The monoisotopic (exact) mass is 244 g/mol. The minimum absolute atomic E-state index is 0.697. The number of hydrogen-bond acceptors (Lipinski definition) is 2. The Balaban J connectivity index is 1.69. The first-order valence-corrected chi connectivity index (χ1v) is 7.42. The Labute approximate surface area is 110 Å². The number of nitrogens with zero attached hydrogens (tertiary/aromatic N) is 1. The minimum atomic E-state index is 0.697. The molecule has 1 aromatic carbocycles. The maximum Gasteiger partial charge on any atom is 0.0316 e. The molecule has 98 valence electrons. The molecule has 0 amide bonds. The second-order valence-corrected chi connectivity index (χ2v) is 5.94. The van der Waals surface area contributed by atoms with Crippen molar-refractivity contribution in [3.63, 3.8) is 0 Å². The van der Waals surface area contributed by atoms with E-state index < -0.39 is 0 Å². The van der Waals surface area contributed by atoms with Gasteiger partial charge in [-0.25, -0.2) is 0 Å². The predicted octanol–water partition coefficient (Wildman–Crippen LogP) is 3.39. The zero-order valence-electron chi connectivity index (χ0n) is 11.1. The first kappa shape index (κ1) is 12.0. The molecule has 0 aromatic heterocycles. The second-order valence-electron chi connectivity index (χ2n) is 5.94. The number of likely N-dealkylation sites (tertiary alicyclic amines) is 1. The van der Waals surface area contributed by atoms with Crippen LogP contribution in [-0.4, -0.2) is 24.0 Å². The Kier molecular flexibility index (Phi) is 3.55. The number of nitrogens with two attached hydrogens (primary N) is 1. The van der Waals surface area contributed by atoms with Crippen molar-refractivity contribution in [2.24, 2.45) is 0 Å². The van der Waals surface area contributed by atoms with E-state index in [-0.39, 0.29) is 0 Å². The van der Waals surface area contributed by atoms with Crippen molar-refractivity contribution in [2.45, 2.75) is 50.5 Å². The Bertz CT molecular complexity index is 396. The first-order valence-electron chi connectivity index (χ1n) is 7.42. The number of nitrogen functional groups attached to an aromatic ring is 1. The van der Waals surface area contributed by atoms with Gasteiger partial charge in [0.15, 0.2) is 0 Å². The summed E-state index contributed by atoms with van der Waals surface area (Å²) < 4.78 is 0. The SMILES string of the molecule is Nc1cccc(C2CCCN(C3CCCC3)C2)c1. The Morgan fingerprint density at radius 1 is 1.06 bits per heavy atom. The average Bonchev–Trinajstić information content (AvgIpc) is 2.93. The smallest absolute Gasteiger partial charge is 0.0316 e. The number of piperidine rings is 1. The van der Waals surface area contributed by atoms with Crippen LogP contribution >= 0.6 is 0 Å². The summed E-state index contributed by atoms with van der Waals surface area (Å²) in [6, 6.07) is 9.37. The highest BCUT2D eigenvalue weighted by atomic mass is 15.2. The largest absolute Gasteiger partial charge is 0.399 e. The summed E-state index contributed by atoms with van der Waals surface area (Å²) >= 11 is 0. The quantitative estimate of drug-likeness (QED) is 0.808. The van der Waals surface area contributed by atoms with E-state index in [1.54, 1.807) is 0 Å². The number of anilines is 1. The van der Waals surface area contributed by atoms with Gasteiger partial charge in [-0.15, -0.1) is 0 Å². The standard InChI is InChI=1S/C16H24N2/c17-15-7-3-5-13(11-15)14-6-4-10-18(12-14)16-8-1-2-9-16/h3,5,7,11,14,16H,1-2,4,6,8-10,12,17H2. The van der Waals surface area contributed by atoms with Crippen LogP contribution < -0.4 is 5.73 Å². The lowest BCUT2D eigenvalue weighted by atomic mass is 9.89. The van der Waals surface area contributed by atoms with Crippen LogP contribution in [0.5, 0.6) is 0 Å². The summed E-state index contributed by atoms with van der Waals surface area (Å²) in [7, 11) is 0. The van der Waals surface area contributed by atoms with E-state index in [2.05, 4.69) is 23.1 Å². The predicted molar refractivity (Wildman–Crippen MR) is 76.7 cm³/mol. The van der Waals surface area contributed by atoms with Gasteiger partial charge in [0.1, 0.15) is 0 Å². The van der Waals surface area contributed by atoms with Gasteiger partial charge >= 0.3 is 0 Å². The Morgan fingerprint density at radius 2 is 1.89 bits per heavy atom. The van der Waals surface area contributed by atoms with Crippen LogP contribution in [0.15, 0.2) is 24.3 Å². The van der Waals surface area contributed by atoms with Crippen molar-refractivity contribution in [2.75, 3.05) is 18.8 Å². The molecule has 1 saturated heterocycles. The van der Waals surface area contributed by atoms with Gasteiger partial charge in [-0.1, -0.05) is 25.0 Å². The molecule has 2 heteroatoms. The van der Waals surface area contributed by atoms with Crippen molar-refractivity contribution in [1.29, 1.82) is 0 Å². The van der Waals surface area contributed by atoms with Crippen LogP contribution in [0, 0.1) is 0 Å². The molecule has 2 nitrogen and oxygen atoms in total. The molecule has 3 rings (SSSR count). The van der Waals surface area contributed by atoms with E-state index in [0.29, 0.717) is 5.92 Å². The lowest BCUT2D eigenvalue weighted by Crippen LogP contribution is -2.40. The molecule has 18 heavy (non-hydrogen) atoms. The molecule has 1 saturated carbocycles. The van der Waals surface area contributed by atoms with E-state index in [1.165, 1.54) is 57.2 Å². The summed E-state index contributed by atoms with van der Waals surface area (Å²) in [6.45, 7) is 2.55. The fourth-order valence-corrected chi connectivity index (χ4v) is 3.69. The molecule has 1 aromatic rings. The van der Waals surface area contributed by atoms with Gasteiger partial charge in [-0.3, -0.25) is 4.90 Å². The van der Waals surface area contributed by atoms with Gasteiger partial charge < -0.3 is 5.73 Å². The zero-order chi connectivity index (χ0) is 12.4. The third-order valence-corrected chi connectivity index (χ3v) is 4.68. The molecule has 1 atom stereocenters. The van der Waals surface area contributed by atoms with Crippen molar-refractivity contribution in [1.82, 2.24) is 4.90 Å². The summed E-state index contributed by atoms with van der Waals surface area (Å²) in [5, 5.41) is 0. The zero-order valence-corrected chi connectivity index (χ0v) is 11.1. The normalized spacial score (nSPS) is 26.6. The summed E-state index contributed by atoms with van der Waals surface area (Å²) in [5.41, 5.74) is 8.26. The fraction of sp³-hybridized carbons (Fsp3) is 0.625. The number of benzene rings is 1. The van der Waals surface area contributed by atoms with Crippen LogP contribution in [0.2, 0.25) is 0 Å². The van der Waals surface area contributed by atoms with Gasteiger partial charge in [-0.2, -0.15) is 0 Å². The van der Waals surface area contributed by atoms with Crippen LogP contribution in [0.3, 0.4) is 0 Å². The molecule has 2 fully saturated rings. The van der Waals surface area contributed by atoms with Crippen molar-refractivity contribution in [3.8, 4) is 0 Å². The van der Waals surface area contributed by atoms with Gasteiger partial charge in [0.25, 0.3) is 0 Å². The van der Waals surface area contributed by atoms with Crippen molar-refractivity contribution >= 4 is 5.69 Å². The maximum atomic E-state index is 5.91. The molecule has 1 aliphatic carbocycles. The van der Waals surface area contributed by atoms with Crippen LogP contribution in [0.1, 0.15) is 50.0 Å². The van der Waals surface area contributed by atoms with Crippen molar-refractivity contribution in [3.05, 3.63) is 29.8 Å².